The van der Waals surface area contributed by atoms with Gasteiger partial charge in [0, 0.05) is 11.2 Å². The SMILES string of the molecule is Cc1cc(C#N)cc(NC2(CC(=O)O)CCCCC2)n1. The Morgan fingerprint density at radius 2 is 2.15 bits per heavy atom. The minimum absolute atomic E-state index is 0.0878. The third kappa shape index (κ3) is 3.47. The Morgan fingerprint density at radius 1 is 1.45 bits per heavy atom. The van der Waals surface area contributed by atoms with Gasteiger partial charge in [-0.2, -0.15) is 5.26 Å². The van der Waals surface area contributed by atoms with Crippen molar-refractivity contribution in [1.82, 2.24) is 4.98 Å². The fraction of sp³-hybridized carbons (Fsp3) is 0.533. The fourth-order valence-corrected chi connectivity index (χ4v) is 2.93. The van der Waals surface area contributed by atoms with Crippen molar-refractivity contribution in [2.75, 3.05) is 5.32 Å². The molecule has 0 atom stereocenters. The maximum atomic E-state index is 11.1. The number of carboxylic acids is 1. The van der Waals surface area contributed by atoms with E-state index in [1.807, 2.05) is 6.92 Å². The molecule has 0 unspecified atom stereocenters. The second-order valence-corrected chi connectivity index (χ2v) is 5.53. The molecule has 5 nitrogen and oxygen atoms in total. The number of nitrogens with zero attached hydrogens (tertiary/aromatic N) is 2. The van der Waals surface area contributed by atoms with Crippen LogP contribution < -0.4 is 5.32 Å². The molecule has 1 aromatic rings. The molecule has 2 N–H and O–H groups in total. The number of aryl methyl sites for hydroxylation is 1. The van der Waals surface area contributed by atoms with Gasteiger partial charge in [-0.15, -0.1) is 0 Å². The van der Waals surface area contributed by atoms with E-state index in [0.29, 0.717) is 11.4 Å². The molecular weight excluding hydrogens is 254 g/mol. The van der Waals surface area contributed by atoms with Crippen LogP contribution in [-0.4, -0.2) is 21.6 Å². The lowest BCUT2D eigenvalue weighted by molar-refractivity contribution is -0.138. The lowest BCUT2D eigenvalue weighted by Crippen LogP contribution is -2.42. The molecule has 0 spiro atoms. The summed E-state index contributed by atoms with van der Waals surface area (Å²) in [4.78, 5) is 15.5. The van der Waals surface area contributed by atoms with E-state index >= 15 is 0 Å². The van der Waals surface area contributed by atoms with E-state index in [-0.39, 0.29) is 6.42 Å². The molecule has 1 aliphatic carbocycles. The minimum atomic E-state index is -0.799. The Morgan fingerprint density at radius 3 is 2.75 bits per heavy atom. The molecule has 0 aliphatic heterocycles. The van der Waals surface area contributed by atoms with Crippen LogP contribution in [0.5, 0.6) is 0 Å². The molecule has 20 heavy (non-hydrogen) atoms. The predicted octanol–water partition coefficient (Wildman–Crippen LogP) is 2.85. The maximum Gasteiger partial charge on any atom is 0.305 e. The maximum absolute atomic E-state index is 11.1. The largest absolute Gasteiger partial charge is 0.481 e. The molecule has 0 amide bonds. The number of aromatic nitrogens is 1. The summed E-state index contributed by atoms with van der Waals surface area (Å²) in [6.45, 7) is 1.83. The Balaban J connectivity index is 2.25. The summed E-state index contributed by atoms with van der Waals surface area (Å²) in [5, 5.41) is 21.5. The molecule has 1 saturated carbocycles. The third-order valence-corrected chi connectivity index (χ3v) is 3.78. The molecule has 0 radical (unpaired) electrons. The van der Waals surface area contributed by atoms with Crippen LogP contribution in [0.2, 0.25) is 0 Å². The van der Waals surface area contributed by atoms with Crippen molar-refractivity contribution < 1.29 is 9.90 Å². The number of nitrogens with one attached hydrogen (secondary N) is 1. The summed E-state index contributed by atoms with van der Waals surface area (Å²) < 4.78 is 0. The first-order valence-electron chi connectivity index (χ1n) is 6.92. The minimum Gasteiger partial charge on any atom is -0.481 e. The first-order valence-corrected chi connectivity index (χ1v) is 6.92. The molecule has 1 heterocycles. The number of carboxylic acid groups (broad SMARTS) is 1. The molecular formula is C15H19N3O2. The summed E-state index contributed by atoms with van der Waals surface area (Å²) in [5.41, 5.74) is 0.867. The van der Waals surface area contributed by atoms with E-state index in [0.717, 1.165) is 37.8 Å². The van der Waals surface area contributed by atoms with E-state index < -0.39 is 11.5 Å². The number of nitriles is 1. The molecule has 106 valence electrons. The normalized spacial score (nSPS) is 17.2. The molecule has 0 bridgehead atoms. The van der Waals surface area contributed by atoms with Crippen LogP contribution in [0.3, 0.4) is 0 Å². The van der Waals surface area contributed by atoms with Gasteiger partial charge in [-0.3, -0.25) is 4.79 Å². The van der Waals surface area contributed by atoms with Crippen molar-refractivity contribution in [2.45, 2.75) is 51.0 Å². The zero-order valence-corrected chi connectivity index (χ0v) is 11.6. The van der Waals surface area contributed by atoms with Crippen molar-refractivity contribution >= 4 is 11.8 Å². The number of aliphatic carboxylic acids is 1. The standard InChI is InChI=1S/C15H19N3O2/c1-11-7-12(10-16)8-13(17-11)18-15(9-14(19)20)5-3-2-4-6-15/h7-8H,2-6,9H2,1H3,(H,17,18)(H,19,20). The zero-order valence-electron chi connectivity index (χ0n) is 11.6. The van der Waals surface area contributed by atoms with Crippen LogP contribution in [0.15, 0.2) is 12.1 Å². The van der Waals surface area contributed by atoms with Crippen molar-refractivity contribution in [2.24, 2.45) is 0 Å². The van der Waals surface area contributed by atoms with Crippen LogP contribution in [-0.2, 0) is 4.79 Å². The number of anilines is 1. The van der Waals surface area contributed by atoms with Crippen LogP contribution in [0, 0.1) is 18.3 Å². The number of rotatable bonds is 4. The first-order chi connectivity index (χ1) is 9.53. The average Bonchev–Trinajstić information content (AvgIpc) is 2.37. The highest BCUT2D eigenvalue weighted by Gasteiger charge is 2.34. The zero-order chi connectivity index (χ0) is 14.6. The average molecular weight is 273 g/mol. The fourth-order valence-electron chi connectivity index (χ4n) is 2.93. The number of carbonyl (C=O) groups is 1. The molecule has 5 heteroatoms. The molecule has 0 saturated heterocycles. The highest BCUT2D eigenvalue weighted by Crippen LogP contribution is 2.34. The second kappa shape index (κ2) is 5.91. The van der Waals surface area contributed by atoms with Gasteiger partial charge in [0.25, 0.3) is 0 Å². The smallest absolute Gasteiger partial charge is 0.305 e. The van der Waals surface area contributed by atoms with E-state index in [2.05, 4.69) is 16.4 Å². The molecule has 1 fully saturated rings. The summed E-state index contributed by atoms with van der Waals surface area (Å²) in [5.74, 6) is -0.197. The molecule has 1 aliphatic rings. The van der Waals surface area contributed by atoms with Crippen LogP contribution >= 0.6 is 0 Å². The van der Waals surface area contributed by atoms with Crippen molar-refractivity contribution in [3.8, 4) is 6.07 Å². The number of hydrogen-bond donors (Lipinski definition) is 2. The van der Waals surface area contributed by atoms with Gasteiger partial charge in [-0.1, -0.05) is 19.3 Å². The lowest BCUT2D eigenvalue weighted by atomic mass is 9.79. The van der Waals surface area contributed by atoms with Crippen LogP contribution in [0.1, 0.15) is 49.8 Å². The van der Waals surface area contributed by atoms with E-state index in [9.17, 15) is 4.79 Å². The van der Waals surface area contributed by atoms with Crippen LogP contribution in [0.4, 0.5) is 5.82 Å². The molecule has 0 aromatic carbocycles. The topological polar surface area (TPSA) is 86.0 Å². The third-order valence-electron chi connectivity index (χ3n) is 3.78. The summed E-state index contributed by atoms with van der Waals surface area (Å²) in [6, 6.07) is 5.51. The quantitative estimate of drug-likeness (QED) is 0.881. The Bertz CT molecular complexity index is 543. The van der Waals surface area contributed by atoms with E-state index in [1.165, 1.54) is 0 Å². The summed E-state index contributed by atoms with van der Waals surface area (Å²) in [6.07, 6.45) is 4.94. The number of pyridine rings is 1. The van der Waals surface area contributed by atoms with Crippen molar-refractivity contribution in [1.29, 1.82) is 5.26 Å². The van der Waals surface area contributed by atoms with Gasteiger partial charge in [0.2, 0.25) is 0 Å². The van der Waals surface area contributed by atoms with Gasteiger partial charge in [0.1, 0.15) is 5.82 Å². The van der Waals surface area contributed by atoms with Gasteiger partial charge in [-0.25, -0.2) is 4.98 Å². The van der Waals surface area contributed by atoms with Gasteiger partial charge in [-0.05, 0) is 31.9 Å². The van der Waals surface area contributed by atoms with Gasteiger partial charge < -0.3 is 10.4 Å². The van der Waals surface area contributed by atoms with Gasteiger partial charge in [0.05, 0.1) is 18.1 Å². The number of hydrogen-bond acceptors (Lipinski definition) is 4. The van der Waals surface area contributed by atoms with E-state index in [4.69, 9.17) is 10.4 Å². The van der Waals surface area contributed by atoms with Crippen molar-refractivity contribution in [3.63, 3.8) is 0 Å². The summed E-state index contributed by atoms with van der Waals surface area (Å²) in [7, 11) is 0. The Labute approximate surface area is 118 Å². The predicted molar refractivity (Wildman–Crippen MR) is 75.4 cm³/mol. The highest BCUT2D eigenvalue weighted by molar-refractivity contribution is 5.69. The van der Waals surface area contributed by atoms with Crippen molar-refractivity contribution in [3.05, 3.63) is 23.4 Å². The Kier molecular flexibility index (Phi) is 4.23. The summed E-state index contributed by atoms with van der Waals surface area (Å²) >= 11 is 0. The monoisotopic (exact) mass is 273 g/mol. The second-order valence-electron chi connectivity index (χ2n) is 5.53. The molecule has 2 rings (SSSR count). The highest BCUT2D eigenvalue weighted by atomic mass is 16.4. The Hall–Kier alpha value is -2.09. The van der Waals surface area contributed by atoms with Gasteiger partial charge in [0.15, 0.2) is 0 Å². The van der Waals surface area contributed by atoms with E-state index in [1.54, 1.807) is 12.1 Å². The first kappa shape index (κ1) is 14.3. The van der Waals surface area contributed by atoms with Gasteiger partial charge >= 0.3 is 5.97 Å². The lowest BCUT2D eigenvalue weighted by Gasteiger charge is -2.37. The van der Waals surface area contributed by atoms with Crippen LogP contribution in [0.25, 0.3) is 0 Å². The molecule has 1 aromatic heterocycles.